The average molecular weight is 386 g/mol. The minimum absolute atomic E-state index is 0.0681. The van der Waals surface area contributed by atoms with E-state index in [1.807, 2.05) is 0 Å². The van der Waals surface area contributed by atoms with Crippen LogP contribution in [-0.4, -0.2) is 32.2 Å². The number of carbonyl (C=O) groups excluding carboxylic acids is 1. The molecule has 0 aliphatic carbocycles. The molecular weight excluding hydrogens is 371 g/mol. The molecule has 2 aromatic carbocycles. The first-order valence-electron chi connectivity index (χ1n) is 8.06. The SMILES string of the molecule is O=C(Nc1cc(C(F)(F)F)ccc1N1CCOCC1)c1ccc(F)c(F)c1. The summed E-state index contributed by atoms with van der Waals surface area (Å²) in [7, 11) is 0. The molecule has 0 atom stereocenters. The molecule has 4 nitrogen and oxygen atoms in total. The molecule has 0 saturated carbocycles. The van der Waals surface area contributed by atoms with Gasteiger partial charge in [-0.25, -0.2) is 8.78 Å². The number of morpholine rings is 1. The first kappa shape index (κ1) is 19.1. The van der Waals surface area contributed by atoms with Crippen molar-refractivity contribution in [3.63, 3.8) is 0 Å². The lowest BCUT2D eigenvalue weighted by Crippen LogP contribution is -2.36. The van der Waals surface area contributed by atoms with Crippen LogP contribution < -0.4 is 10.2 Å². The normalized spacial score (nSPS) is 14.9. The van der Waals surface area contributed by atoms with Gasteiger partial charge in [-0.15, -0.1) is 0 Å². The van der Waals surface area contributed by atoms with Crippen LogP contribution in [0.5, 0.6) is 0 Å². The zero-order valence-corrected chi connectivity index (χ0v) is 13.9. The Bertz CT molecular complexity index is 848. The summed E-state index contributed by atoms with van der Waals surface area (Å²) in [5.74, 6) is -3.19. The van der Waals surface area contributed by atoms with Crippen molar-refractivity contribution in [1.29, 1.82) is 0 Å². The highest BCUT2D eigenvalue weighted by atomic mass is 19.4. The van der Waals surface area contributed by atoms with E-state index in [0.717, 1.165) is 24.3 Å². The summed E-state index contributed by atoms with van der Waals surface area (Å²) in [6.07, 6.45) is -4.59. The number of halogens is 5. The molecule has 1 aliphatic rings. The summed E-state index contributed by atoms with van der Waals surface area (Å²) in [4.78, 5) is 14.1. The Morgan fingerprint density at radius 2 is 1.70 bits per heavy atom. The molecule has 2 aromatic rings. The Balaban J connectivity index is 1.94. The van der Waals surface area contributed by atoms with Crippen molar-refractivity contribution in [1.82, 2.24) is 0 Å². The zero-order chi connectivity index (χ0) is 19.6. The van der Waals surface area contributed by atoms with Gasteiger partial charge in [-0.05, 0) is 36.4 Å². The largest absolute Gasteiger partial charge is 0.416 e. The van der Waals surface area contributed by atoms with Gasteiger partial charge in [0.25, 0.3) is 5.91 Å². The fourth-order valence-corrected chi connectivity index (χ4v) is 2.72. The fraction of sp³-hybridized carbons (Fsp3) is 0.278. The van der Waals surface area contributed by atoms with E-state index in [1.165, 1.54) is 6.07 Å². The van der Waals surface area contributed by atoms with Crippen molar-refractivity contribution < 1.29 is 31.5 Å². The van der Waals surface area contributed by atoms with Gasteiger partial charge in [0.05, 0.1) is 30.2 Å². The number of nitrogens with one attached hydrogen (secondary N) is 1. The maximum Gasteiger partial charge on any atom is 0.416 e. The Morgan fingerprint density at radius 1 is 1.00 bits per heavy atom. The highest BCUT2D eigenvalue weighted by molar-refractivity contribution is 6.06. The van der Waals surface area contributed by atoms with Gasteiger partial charge in [0.2, 0.25) is 0 Å². The number of alkyl halides is 3. The summed E-state index contributed by atoms with van der Waals surface area (Å²) in [6.45, 7) is 1.69. The van der Waals surface area contributed by atoms with E-state index in [9.17, 15) is 26.7 Å². The first-order valence-corrected chi connectivity index (χ1v) is 8.06. The molecule has 0 aromatic heterocycles. The number of benzene rings is 2. The maximum absolute atomic E-state index is 13.3. The lowest BCUT2D eigenvalue weighted by Gasteiger charge is -2.31. The topological polar surface area (TPSA) is 41.6 Å². The van der Waals surface area contributed by atoms with Crippen LogP contribution in [0.25, 0.3) is 0 Å². The average Bonchev–Trinajstić information content (AvgIpc) is 2.64. The number of amides is 1. The second kappa shape index (κ2) is 7.51. The number of hydrogen-bond donors (Lipinski definition) is 1. The van der Waals surface area contributed by atoms with Gasteiger partial charge in [0.1, 0.15) is 0 Å². The third-order valence-corrected chi connectivity index (χ3v) is 4.11. The quantitative estimate of drug-likeness (QED) is 0.809. The second-order valence-electron chi connectivity index (χ2n) is 5.91. The predicted octanol–water partition coefficient (Wildman–Crippen LogP) is 4.07. The van der Waals surface area contributed by atoms with Gasteiger partial charge in [0, 0.05) is 18.7 Å². The molecule has 1 N–H and O–H groups in total. The van der Waals surface area contributed by atoms with Gasteiger partial charge < -0.3 is 15.0 Å². The molecule has 0 spiro atoms. The lowest BCUT2D eigenvalue weighted by atomic mass is 10.1. The van der Waals surface area contributed by atoms with Crippen molar-refractivity contribution in [3.8, 4) is 0 Å². The third kappa shape index (κ3) is 4.36. The Hall–Kier alpha value is -2.68. The van der Waals surface area contributed by atoms with Crippen LogP contribution >= 0.6 is 0 Å². The summed E-state index contributed by atoms with van der Waals surface area (Å²) in [6, 6.07) is 5.54. The fourth-order valence-electron chi connectivity index (χ4n) is 2.72. The summed E-state index contributed by atoms with van der Waals surface area (Å²) in [5.41, 5.74) is -0.817. The van der Waals surface area contributed by atoms with Crippen LogP contribution in [0, 0.1) is 11.6 Å². The molecule has 0 radical (unpaired) electrons. The number of hydrogen-bond acceptors (Lipinski definition) is 3. The zero-order valence-electron chi connectivity index (χ0n) is 13.9. The molecule has 1 heterocycles. The van der Waals surface area contributed by atoms with Crippen LogP contribution in [0.4, 0.5) is 33.3 Å². The highest BCUT2D eigenvalue weighted by Crippen LogP contribution is 2.36. The van der Waals surface area contributed by atoms with Gasteiger partial charge in [0.15, 0.2) is 11.6 Å². The van der Waals surface area contributed by atoms with Crippen molar-refractivity contribution in [3.05, 3.63) is 59.2 Å². The molecule has 144 valence electrons. The van der Waals surface area contributed by atoms with E-state index in [0.29, 0.717) is 38.1 Å². The molecule has 27 heavy (non-hydrogen) atoms. The van der Waals surface area contributed by atoms with E-state index in [1.54, 1.807) is 4.90 Å². The van der Waals surface area contributed by atoms with Gasteiger partial charge >= 0.3 is 6.18 Å². The van der Waals surface area contributed by atoms with E-state index in [4.69, 9.17) is 4.74 Å². The van der Waals surface area contributed by atoms with Crippen molar-refractivity contribution >= 4 is 17.3 Å². The lowest BCUT2D eigenvalue weighted by molar-refractivity contribution is -0.137. The van der Waals surface area contributed by atoms with Crippen LogP contribution in [0.1, 0.15) is 15.9 Å². The van der Waals surface area contributed by atoms with Gasteiger partial charge in [-0.1, -0.05) is 0 Å². The van der Waals surface area contributed by atoms with E-state index in [-0.39, 0.29) is 11.3 Å². The minimum atomic E-state index is -4.59. The standard InChI is InChI=1S/C18H15F5N2O2/c19-13-3-1-11(9-14(13)20)17(26)24-15-10-12(18(21,22)23)2-4-16(15)25-5-7-27-8-6-25/h1-4,9-10H,5-8H2,(H,24,26). The summed E-state index contributed by atoms with van der Waals surface area (Å²) >= 11 is 0. The number of ether oxygens (including phenoxy) is 1. The molecule has 1 saturated heterocycles. The van der Waals surface area contributed by atoms with Crippen molar-refractivity contribution in [2.24, 2.45) is 0 Å². The summed E-state index contributed by atoms with van der Waals surface area (Å²) < 4.78 is 70.8. The Morgan fingerprint density at radius 3 is 2.33 bits per heavy atom. The van der Waals surface area contributed by atoms with Crippen LogP contribution in [0.2, 0.25) is 0 Å². The van der Waals surface area contributed by atoms with Crippen LogP contribution in [-0.2, 0) is 10.9 Å². The molecule has 0 unspecified atom stereocenters. The Labute approximate surface area is 151 Å². The maximum atomic E-state index is 13.3. The monoisotopic (exact) mass is 386 g/mol. The predicted molar refractivity (Wildman–Crippen MR) is 88.8 cm³/mol. The van der Waals surface area contributed by atoms with Crippen LogP contribution in [0.3, 0.4) is 0 Å². The van der Waals surface area contributed by atoms with Crippen molar-refractivity contribution in [2.75, 3.05) is 36.5 Å². The van der Waals surface area contributed by atoms with E-state index >= 15 is 0 Å². The number of carbonyl (C=O) groups is 1. The van der Waals surface area contributed by atoms with Crippen LogP contribution in [0.15, 0.2) is 36.4 Å². The highest BCUT2D eigenvalue weighted by Gasteiger charge is 2.32. The number of anilines is 2. The minimum Gasteiger partial charge on any atom is -0.378 e. The van der Waals surface area contributed by atoms with Gasteiger partial charge in [-0.2, -0.15) is 13.2 Å². The molecular formula is C18H15F5N2O2. The molecule has 1 fully saturated rings. The molecule has 1 amide bonds. The molecule has 3 rings (SSSR count). The molecule has 0 bridgehead atoms. The van der Waals surface area contributed by atoms with E-state index < -0.39 is 29.3 Å². The second-order valence-corrected chi connectivity index (χ2v) is 5.91. The molecule has 9 heteroatoms. The third-order valence-electron chi connectivity index (χ3n) is 4.11. The smallest absolute Gasteiger partial charge is 0.378 e. The number of nitrogens with zero attached hydrogens (tertiary/aromatic N) is 1. The number of rotatable bonds is 3. The Kier molecular flexibility index (Phi) is 5.31. The summed E-state index contributed by atoms with van der Waals surface area (Å²) in [5, 5.41) is 2.37. The van der Waals surface area contributed by atoms with E-state index in [2.05, 4.69) is 5.32 Å². The van der Waals surface area contributed by atoms with Crippen molar-refractivity contribution in [2.45, 2.75) is 6.18 Å². The first-order chi connectivity index (χ1) is 12.8. The van der Waals surface area contributed by atoms with Gasteiger partial charge in [-0.3, -0.25) is 4.79 Å². The molecule has 1 aliphatic heterocycles.